The largest absolute Gasteiger partial charge is 0.375 e. The van der Waals surface area contributed by atoms with Crippen molar-refractivity contribution in [3.05, 3.63) is 78.1 Å². The second kappa shape index (κ2) is 8.26. The fraction of sp³-hybridized carbons (Fsp3) is 0.200. The van der Waals surface area contributed by atoms with Gasteiger partial charge in [-0.15, -0.1) is 0 Å². The highest BCUT2D eigenvalue weighted by Crippen LogP contribution is 2.24. The van der Waals surface area contributed by atoms with Gasteiger partial charge in [-0.1, -0.05) is 48.5 Å². The molecule has 2 aromatic carbocycles. The van der Waals surface area contributed by atoms with Crippen LogP contribution >= 0.6 is 0 Å². The lowest BCUT2D eigenvalue weighted by atomic mass is 9.98. The van der Waals surface area contributed by atoms with Gasteiger partial charge in [-0.3, -0.25) is 9.48 Å². The van der Waals surface area contributed by atoms with Crippen LogP contribution < -0.4 is 5.32 Å². The molecule has 0 bridgehead atoms. The van der Waals surface area contributed by atoms with E-state index >= 15 is 0 Å². The van der Waals surface area contributed by atoms with Gasteiger partial charge >= 0.3 is 0 Å². The van der Waals surface area contributed by atoms with Gasteiger partial charge in [-0.05, 0) is 28.3 Å². The van der Waals surface area contributed by atoms with Crippen LogP contribution in [0.25, 0.3) is 11.1 Å². The Morgan fingerprint density at radius 3 is 2.64 bits per heavy atom. The molecule has 0 aliphatic heterocycles. The standard InChI is InChI=1S/C20H21N3O2/c1-25-15-20(24)21-13-18-5-2-3-6-19(18)17-9-7-16(8-10-17)14-23-12-4-11-22-23/h2-12H,13-15H2,1H3,(H,21,24). The molecule has 5 nitrogen and oxygen atoms in total. The quantitative estimate of drug-likeness (QED) is 0.722. The van der Waals surface area contributed by atoms with Crippen molar-refractivity contribution in [1.29, 1.82) is 0 Å². The van der Waals surface area contributed by atoms with Gasteiger partial charge < -0.3 is 10.1 Å². The van der Waals surface area contributed by atoms with Crippen molar-refractivity contribution in [3.63, 3.8) is 0 Å². The third kappa shape index (κ3) is 4.55. The highest BCUT2D eigenvalue weighted by atomic mass is 16.5. The number of carbonyl (C=O) groups excluding carboxylic acids is 1. The minimum atomic E-state index is -0.119. The summed E-state index contributed by atoms with van der Waals surface area (Å²) in [5.74, 6) is -0.119. The Hall–Kier alpha value is -2.92. The van der Waals surface area contributed by atoms with E-state index in [9.17, 15) is 4.79 Å². The third-order valence-corrected chi connectivity index (χ3v) is 3.94. The van der Waals surface area contributed by atoms with Crippen LogP contribution in [0, 0.1) is 0 Å². The molecule has 0 radical (unpaired) electrons. The van der Waals surface area contributed by atoms with Crippen LogP contribution in [0.4, 0.5) is 0 Å². The molecule has 25 heavy (non-hydrogen) atoms. The number of rotatable bonds is 7. The number of hydrogen-bond acceptors (Lipinski definition) is 3. The molecule has 0 fully saturated rings. The number of amides is 1. The molecule has 0 atom stereocenters. The van der Waals surface area contributed by atoms with Gasteiger partial charge in [0.25, 0.3) is 0 Å². The molecule has 1 heterocycles. The maximum absolute atomic E-state index is 11.6. The van der Waals surface area contributed by atoms with Crippen LogP contribution in [0.2, 0.25) is 0 Å². The van der Waals surface area contributed by atoms with Gasteiger partial charge in [-0.25, -0.2) is 0 Å². The number of ether oxygens (including phenoxy) is 1. The summed E-state index contributed by atoms with van der Waals surface area (Å²) in [7, 11) is 1.51. The Kier molecular flexibility index (Phi) is 5.59. The molecule has 0 aliphatic rings. The summed E-state index contributed by atoms with van der Waals surface area (Å²) >= 11 is 0. The zero-order valence-electron chi connectivity index (χ0n) is 14.2. The second-order valence-corrected chi connectivity index (χ2v) is 5.77. The van der Waals surface area contributed by atoms with Crippen molar-refractivity contribution in [1.82, 2.24) is 15.1 Å². The van der Waals surface area contributed by atoms with E-state index in [0.29, 0.717) is 6.54 Å². The number of methoxy groups -OCH3 is 1. The van der Waals surface area contributed by atoms with E-state index in [1.165, 1.54) is 12.7 Å². The minimum Gasteiger partial charge on any atom is -0.375 e. The van der Waals surface area contributed by atoms with E-state index < -0.39 is 0 Å². The van der Waals surface area contributed by atoms with Crippen molar-refractivity contribution in [2.45, 2.75) is 13.1 Å². The number of nitrogens with one attached hydrogen (secondary N) is 1. The first-order valence-electron chi connectivity index (χ1n) is 8.16. The number of aromatic nitrogens is 2. The van der Waals surface area contributed by atoms with Gasteiger partial charge in [0.05, 0.1) is 6.54 Å². The topological polar surface area (TPSA) is 56.1 Å². The Bertz CT molecular complexity index is 811. The molecule has 0 aliphatic carbocycles. The summed E-state index contributed by atoms with van der Waals surface area (Å²) in [5, 5.41) is 7.10. The molecule has 3 aromatic rings. The van der Waals surface area contributed by atoms with E-state index in [0.717, 1.165) is 23.2 Å². The summed E-state index contributed by atoms with van der Waals surface area (Å²) in [6.07, 6.45) is 3.73. The lowest BCUT2D eigenvalue weighted by Crippen LogP contribution is -2.26. The van der Waals surface area contributed by atoms with Crippen LogP contribution in [0.5, 0.6) is 0 Å². The second-order valence-electron chi connectivity index (χ2n) is 5.77. The predicted octanol–water partition coefficient (Wildman–Crippen LogP) is 2.86. The predicted molar refractivity (Wildman–Crippen MR) is 96.9 cm³/mol. The van der Waals surface area contributed by atoms with E-state index in [1.807, 2.05) is 35.1 Å². The van der Waals surface area contributed by atoms with Crippen molar-refractivity contribution >= 4 is 5.91 Å². The summed E-state index contributed by atoms with van der Waals surface area (Å²) in [4.78, 5) is 11.6. The Morgan fingerprint density at radius 2 is 1.92 bits per heavy atom. The molecular formula is C20H21N3O2. The van der Waals surface area contributed by atoms with Crippen molar-refractivity contribution < 1.29 is 9.53 Å². The summed E-state index contributed by atoms with van der Waals surface area (Å²) in [6.45, 7) is 1.31. The summed E-state index contributed by atoms with van der Waals surface area (Å²) in [6, 6.07) is 18.4. The maximum atomic E-state index is 11.6. The average Bonchev–Trinajstić information content (AvgIpc) is 3.14. The van der Waals surface area contributed by atoms with Crippen LogP contribution in [-0.2, 0) is 22.6 Å². The summed E-state index contributed by atoms with van der Waals surface area (Å²) < 4.78 is 6.74. The normalized spacial score (nSPS) is 10.6. The lowest BCUT2D eigenvalue weighted by molar-refractivity contribution is -0.124. The van der Waals surface area contributed by atoms with Crippen molar-refractivity contribution in [3.8, 4) is 11.1 Å². The molecule has 0 saturated carbocycles. The first-order valence-corrected chi connectivity index (χ1v) is 8.16. The van der Waals surface area contributed by atoms with Crippen LogP contribution in [0.1, 0.15) is 11.1 Å². The average molecular weight is 335 g/mol. The van der Waals surface area contributed by atoms with Gasteiger partial charge in [0.2, 0.25) is 5.91 Å². The zero-order valence-corrected chi connectivity index (χ0v) is 14.2. The van der Waals surface area contributed by atoms with Gasteiger partial charge in [0.1, 0.15) is 6.61 Å². The molecule has 1 aromatic heterocycles. The molecule has 128 valence electrons. The molecule has 3 rings (SSSR count). The lowest BCUT2D eigenvalue weighted by Gasteiger charge is -2.11. The fourth-order valence-electron chi connectivity index (χ4n) is 2.70. The maximum Gasteiger partial charge on any atom is 0.246 e. The fourth-order valence-corrected chi connectivity index (χ4v) is 2.70. The number of hydrogen-bond donors (Lipinski definition) is 1. The van der Waals surface area contributed by atoms with Gasteiger partial charge in [-0.2, -0.15) is 5.10 Å². The first kappa shape index (κ1) is 16.9. The highest BCUT2D eigenvalue weighted by molar-refractivity contribution is 5.77. The molecule has 1 amide bonds. The smallest absolute Gasteiger partial charge is 0.246 e. The highest BCUT2D eigenvalue weighted by Gasteiger charge is 2.07. The zero-order chi connectivity index (χ0) is 17.5. The monoisotopic (exact) mass is 335 g/mol. The van der Waals surface area contributed by atoms with Crippen LogP contribution in [-0.4, -0.2) is 29.4 Å². The molecule has 0 unspecified atom stereocenters. The van der Waals surface area contributed by atoms with E-state index in [2.05, 4.69) is 40.7 Å². The molecule has 0 spiro atoms. The number of carbonyl (C=O) groups is 1. The Balaban J connectivity index is 1.74. The number of nitrogens with zero attached hydrogens (tertiary/aromatic N) is 2. The molecule has 1 N–H and O–H groups in total. The third-order valence-electron chi connectivity index (χ3n) is 3.94. The van der Waals surface area contributed by atoms with E-state index in [1.54, 1.807) is 6.20 Å². The van der Waals surface area contributed by atoms with Crippen molar-refractivity contribution in [2.24, 2.45) is 0 Å². The Labute approximate surface area is 147 Å². The minimum absolute atomic E-state index is 0.0737. The van der Waals surface area contributed by atoms with E-state index in [-0.39, 0.29) is 12.5 Å². The van der Waals surface area contributed by atoms with E-state index in [4.69, 9.17) is 4.74 Å². The molecule has 5 heteroatoms. The van der Waals surface area contributed by atoms with Gasteiger partial charge in [0.15, 0.2) is 0 Å². The van der Waals surface area contributed by atoms with Crippen LogP contribution in [0.15, 0.2) is 67.0 Å². The molecule has 0 saturated heterocycles. The number of benzene rings is 2. The Morgan fingerprint density at radius 1 is 1.12 bits per heavy atom. The summed E-state index contributed by atoms with van der Waals surface area (Å²) in [5.41, 5.74) is 4.51. The molecular weight excluding hydrogens is 314 g/mol. The van der Waals surface area contributed by atoms with Crippen molar-refractivity contribution in [2.75, 3.05) is 13.7 Å². The van der Waals surface area contributed by atoms with Crippen LogP contribution in [0.3, 0.4) is 0 Å². The van der Waals surface area contributed by atoms with Gasteiger partial charge in [0, 0.05) is 26.0 Å². The SMILES string of the molecule is COCC(=O)NCc1ccccc1-c1ccc(Cn2cccn2)cc1. The first-order chi connectivity index (χ1) is 12.3.